The smallest absolute Gasteiger partial charge is 0.243 e. The summed E-state index contributed by atoms with van der Waals surface area (Å²) in [4.78, 5) is 0.438. The van der Waals surface area contributed by atoms with Crippen molar-refractivity contribution in [3.63, 3.8) is 0 Å². The first-order valence-electron chi connectivity index (χ1n) is 7.62. The zero-order valence-electron chi connectivity index (χ0n) is 13.2. The van der Waals surface area contributed by atoms with Crippen molar-refractivity contribution >= 4 is 10.0 Å². The van der Waals surface area contributed by atoms with Gasteiger partial charge < -0.3 is 5.73 Å². The van der Waals surface area contributed by atoms with Crippen molar-refractivity contribution in [1.29, 1.82) is 0 Å². The standard InChI is InChI=1S/C16H26N2O2S/c1-4-14-6-5-13(12-17)11-15(14)21(19,20)18-9-7-16(2,3)8-10-18/h5-6,11H,4,7-10,12,17H2,1-3H3. The summed E-state index contributed by atoms with van der Waals surface area (Å²) >= 11 is 0. The Bertz CT molecular complexity index is 599. The van der Waals surface area contributed by atoms with Gasteiger partial charge in [-0.25, -0.2) is 8.42 Å². The molecule has 1 heterocycles. The van der Waals surface area contributed by atoms with Crippen LogP contribution in [0.25, 0.3) is 0 Å². The highest BCUT2D eigenvalue weighted by molar-refractivity contribution is 7.89. The molecule has 1 aliphatic heterocycles. The predicted molar refractivity (Wildman–Crippen MR) is 85.5 cm³/mol. The average Bonchev–Trinajstić information content (AvgIpc) is 2.46. The summed E-state index contributed by atoms with van der Waals surface area (Å²) in [6, 6.07) is 5.55. The van der Waals surface area contributed by atoms with Crippen molar-refractivity contribution in [2.75, 3.05) is 13.1 Å². The van der Waals surface area contributed by atoms with Gasteiger partial charge in [-0.15, -0.1) is 0 Å². The molecule has 0 atom stereocenters. The second kappa shape index (κ2) is 6.07. The van der Waals surface area contributed by atoms with E-state index in [2.05, 4.69) is 13.8 Å². The fourth-order valence-corrected chi connectivity index (χ4v) is 4.51. The van der Waals surface area contributed by atoms with Crippen LogP contribution in [-0.4, -0.2) is 25.8 Å². The van der Waals surface area contributed by atoms with E-state index >= 15 is 0 Å². The van der Waals surface area contributed by atoms with Crippen LogP contribution < -0.4 is 5.73 Å². The van der Waals surface area contributed by atoms with Crippen LogP contribution in [0.4, 0.5) is 0 Å². The Balaban J connectivity index is 2.35. The lowest BCUT2D eigenvalue weighted by molar-refractivity contribution is 0.196. The number of piperidine rings is 1. The van der Waals surface area contributed by atoms with E-state index in [1.165, 1.54) is 0 Å². The highest BCUT2D eigenvalue weighted by atomic mass is 32.2. The van der Waals surface area contributed by atoms with E-state index in [1.807, 2.05) is 19.1 Å². The normalized spacial score (nSPS) is 19.6. The summed E-state index contributed by atoms with van der Waals surface area (Å²) < 4.78 is 27.5. The quantitative estimate of drug-likeness (QED) is 0.929. The second-order valence-corrected chi connectivity index (χ2v) is 8.47. The number of hydrogen-bond donors (Lipinski definition) is 1. The molecule has 0 bridgehead atoms. The summed E-state index contributed by atoms with van der Waals surface area (Å²) in [6.07, 6.45) is 2.52. The molecule has 1 aliphatic rings. The maximum atomic E-state index is 12.9. The third-order valence-corrected chi connectivity index (χ3v) is 6.42. The molecule has 0 amide bonds. The number of hydrogen-bond acceptors (Lipinski definition) is 3. The van der Waals surface area contributed by atoms with E-state index < -0.39 is 10.0 Å². The van der Waals surface area contributed by atoms with Gasteiger partial charge in [-0.05, 0) is 41.9 Å². The van der Waals surface area contributed by atoms with E-state index in [4.69, 9.17) is 5.73 Å². The molecule has 2 rings (SSSR count). The average molecular weight is 310 g/mol. The van der Waals surface area contributed by atoms with Gasteiger partial charge in [0.15, 0.2) is 0 Å². The molecule has 1 aromatic carbocycles. The molecule has 4 nitrogen and oxygen atoms in total. The van der Waals surface area contributed by atoms with Crippen molar-refractivity contribution in [3.05, 3.63) is 29.3 Å². The number of nitrogens with two attached hydrogens (primary N) is 1. The van der Waals surface area contributed by atoms with Crippen molar-refractivity contribution in [2.45, 2.75) is 51.5 Å². The summed E-state index contributed by atoms with van der Waals surface area (Å²) in [5.74, 6) is 0. The van der Waals surface area contributed by atoms with Crippen LogP contribution in [0, 0.1) is 5.41 Å². The Morgan fingerprint density at radius 1 is 1.24 bits per heavy atom. The minimum atomic E-state index is -3.41. The molecule has 1 fully saturated rings. The molecule has 0 radical (unpaired) electrons. The van der Waals surface area contributed by atoms with Gasteiger partial charge in [0, 0.05) is 19.6 Å². The van der Waals surface area contributed by atoms with Crippen LogP contribution >= 0.6 is 0 Å². The van der Waals surface area contributed by atoms with Crippen LogP contribution in [-0.2, 0) is 23.0 Å². The fourth-order valence-electron chi connectivity index (χ4n) is 2.73. The van der Waals surface area contributed by atoms with Gasteiger partial charge in [-0.2, -0.15) is 4.31 Å². The molecular formula is C16H26N2O2S. The predicted octanol–water partition coefficient (Wildman–Crippen LogP) is 2.52. The molecular weight excluding hydrogens is 284 g/mol. The van der Waals surface area contributed by atoms with Crippen LogP contribution in [0.15, 0.2) is 23.1 Å². The van der Waals surface area contributed by atoms with E-state index in [1.54, 1.807) is 10.4 Å². The monoisotopic (exact) mass is 310 g/mol. The topological polar surface area (TPSA) is 63.4 Å². The lowest BCUT2D eigenvalue weighted by atomic mass is 9.83. The van der Waals surface area contributed by atoms with Crippen LogP contribution in [0.2, 0.25) is 0 Å². The van der Waals surface area contributed by atoms with E-state index in [0.29, 0.717) is 31.0 Å². The van der Waals surface area contributed by atoms with Gasteiger partial charge >= 0.3 is 0 Å². The maximum absolute atomic E-state index is 12.9. The van der Waals surface area contributed by atoms with Crippen molar-refractivity contribution in [1.82, 2.24) is 4.31 Å². The zero-order valence-corrected chi connectivity index (χ0v) is 14.0. The number of rotatable bonds is 4. The highest BCUT2D eigenvalue weighted by Gasteiger charge is 2.33. The first kappa shape index (κ1) is 16.5. The Labute approximate surface area is 128 Å². The fraction of sp³-hybridized carbons (Fsp3) is 0.625. The van der Waals surface area contributed by atoms with Crippen molar-refractivity contribution < 1.29 is 8.42 Å². The van der Waals surface area contributed by atoms with E-state index in [9.17, 15) is 8.42 Å². The molecule has 5 heteroatoms. The number of nitrogens with zero attached hydrogens (tertiary/aromatic N) is 1. The van der Waals surface area contributed by atoms with Crippen LogP contribution in [0.3, 0.4) is 0 Å². The first-order valence-corrected chi connectivity index (χ1v) is 9.06. The minimum absolute atomic E-state index is 0.235. The van der Waals surface area contributed by atoms with Gasteiger partial charge in [-0.1, -0.05) is 32.9 Å². The highest BCUT2D eigenvalue weighted by Crippen LogP contribution is 2.33. The first-order chi connectivity index (χ1) is 9.80. The van der Waals surface area contributed by atoms with Crippen molar-refractivity contribution in [2.24, 2.45) is 11.1 Å². The third-order valence-electron chi connectivity index (χ3n) is 4.44. The van der Waals surface area contributed by atoms with Crippen LogP contribution in [0.5, 0.6) is 0 Å². The molecule has 21 heavy (non-hydrogen) atoms. The molecule has 2 N–H and O–H groups in total. The Hall–Kier alpha value is -0.910. The number of benzene rings is 1. The third kappa shape index (κ3) is 3.47. The largest absolute Gasteiger partial charge is 0.326 e. The maximum Gasteiger partial charge on any atom is 0.243 e. The van der Waals surface area contributed by atoms with Crippen molar-refractivity contribution in [3.8, 4) is 0 Å². The molecule has 1 saturated heterocycles. The zero-order chi connectivity index (χ0) is 15.7. The Morgan fingerprint density at radius 3 is 2.38 bits per heavy atom. The summed E-state index contributed by atoms with van der Waals surface area (Å²) in [6.45, 7) is 7.94. The second-order valence-electron chi connectivity index (χ2n) is 6.57. The Morgan fingerprint density at radius 2 is 1.86 bits per heavy atom. The SMILES string of the molecule is CCc1ccc(CN)cc1S(=O)(=O)N1CCC(C)(C)CC1. The van der Waals surface area contributed by atoms with Gasteiger partial charge in [0.1, 0.15) is 0 Å². The summed E-state index contributed by atoms with van der Waals surface area (Å²) in [5.41, 5.74) is 7.63. The van der Waals surface area contributed by atoms with Gasteiger partial charge in [-0.3, -0.25) is 0 Å². The lowest BCUT2D eigenvalue weighted by Gasteiger charge is -2.36. The molecule has 118 valence electrons. The number of sulfonamides is 1. The van der Waals surface area contributed by atoms with Gasteiger partial charge in [0.2, 0.25) is 10.0 Å². The lowest BCUT2D eigenvalue weighted by Crippen LogP contribution is -2.41. The minimum Gasteiger partial charge on any atom is -0.326 e. The molecule has 1 aromatic rings. The van der Waals surface area contributed by atoms with Gasteiger partial charge in [0.25, 0.3) is 0 Å². The molecule has 0 aromatic heterocycles. The van der Waals surface area contributed by atoms with E-state index in [-0.39, 0.29) is 5.41 Å². The summed E-state index contributed by atoms with van der Waals surface area (Å²) in [7, 11) is -3.41. The van der Waals surface area contributed by atoms with Crippen LogP contribution in [0.1, 0.15) is 44.7 Å². The Kier molecular flexibility index (Phi) is 4.76. The van der Waals surface area contributed by atoms with Gasteiger partial charge in [0.05, 0.1) is 4.90 Å². The molecule has 0 spiro atoms. The number of aryl methyl sites for hydroxylation is 1. The molecule has 0 unspecified atom stereocenters. The van der Waals surface area contributed by atoms with E-state index in [0.717, 1.165) is 24.0 Å². The molecule has 0 aliphatic carbocycles. The summed E-state index contributed by atoms with van der Waals surface area (Å²) in [5, 5.41) is 0. The molecule has 0 saturated carbocycles.